The highest BCUT2D eigenvalue weighted by Gasteiger charge is 2.27. The molecule has 5 heteroatoms. The fraction of sp³-hybridized carbons (Fsp3) is 0.389. The predicted molar refractivity (Wildman–Crippen MR) is 94.7 cm³/mol. The molecular formula is C18H21N3OS. The Balaban J connectivity index is 1.59. The second-order valence-electron chi connectivity index (χ2n) is 6.91. The maximum absolute atomic E-state index is 11.9. The summed E-state index contributed by atoms with van der Waals surface area (Å²) < 4.78 is 0. The molecule has 4 nitrogen and oxygen atoms in total. The lowest BCUT2D eigenvalue weighted by molar-refractivity contribution is -0.111. The molecule has 1 aromatic heterocycles. The first-order valence-electron chi connectivity index (χ1n) is 7.85. The van der Waals surface area contributed by atoms with Crippen molar-refractivity contribution in [1.82, 2.24) is 10.2 Å². The summed E-state index contributed by atoms with van der Waals surface area (Å²) in [4.78, 5) is 11.9. The van der Waals surface area contributed by atoms with Crippen molar-refractivity contribution < 1.29 is 4.79 Å². The third kappa shape index (κ3) is 4.26. The summed E-state index contributed by atoms with van der Waals surface area (Å²) in [5, 5.41) is 12.5. The molecule has 1 saturated carbocycles. The predicted octanol–water partition coefficient (Wildman–Crippen LogP) is 4.36. The van der Waals surface area contributed by atoms with Gasteiger partial charge in [-0.1, -0.05) is 56.4 Å². The number of benzene rings is 1. The molecule has 0 spiro atoms. The average Bonchev–Trinajstić information content (AvgIpc) is 3.25. The Labute approximate surface area is 140 Å². The molecule has 1 amide bonds. The van der Waals surface area contributed by atoms with Crippen LogP contribution in [0.15, 0.2) is 30.3 Å². The van der Waals surface area contributed by atoms with Crippen molar-refractivity contribution in [2.45, 2.75) is 44.9 Å². The van der Waals surface area contributed by atoms with E-state index in [1.807, 2.05) is 18.2 Å². The highest BCUT2D eigenvalue weighted by Crippen LogP contribution is 2.42. The van der Waals surface area contributed by atoms with E-state index >= 15 is 0 Å². The van der Waals surface area contributed by atoms with Gasteiger partial charge >= 0.3 is 0 Å². The zero-order chi connectivity index (χ0) is 16.4. The van der Waals surface area contributed by atoms with Gasteiger partial charge in [0, 0.05) is 12.0 Å². The molecule has 23 heavy (non-hydrogen) atoms. The number of hydrogen-bond acceptors (Lipinski definition) is 4. The highest BCUT2D eigenvalue weighted by molar-refractivity contribution is 7.15. The number of amides is 1. The Morgan fingerprint density at radius 2 is 1.91 bits per heavy atom. The quantitative estimate of drug-likeness (QED) is 0.849. The number of aromatic nitrogens is 2. The average molecular weight is 327 g/mol. The number of rotatable bonds is 4. The van der Waals surface area contributed by atoms with Gasteiger partial charge in [-0.2, -0.15) is 0 Å². The van der Waals surface area contributed by atoms with Crippen molar-refractivity contribution in [3.8, 4) is 0 Å². The van der Waals surface area contributed by atoms with Gasteiger partial charge in [-0.05, 0) is 35.5 Å². The number of carbonyl (C=O) groups is 1. The Morgan fingerprint density at radius 3 is 2.52 bits per heavy atom. The molecule has 1 aliphatic carbocycles. The van der Waals surface area contributed by atoms with Crippen LogP contribution in [0.4, 0.5) is 5.13 Å². The number of carbonyl (C=O) groups excluding carboxylic acids is 1. The molecule has 1 aromatic carbocycles. The van der Waals surface area contributed by atoms with Gasteiger partial charge in [0.1, 0.15) is 5.01 Å². The first kappa shape index (κ1) is 15.9. The van der Waals surface area contributed by atoms with Crippen LogP contribution in [0, 0.1) is 0 Å². The fourth-order valence-electron chi connectivity index (χ4n) is 2.19. The molecule has 1 heterocycles. The van der Waals surface area contributed by atoms with Crippen LogP contribution in [-0.4, -0.2) is 16.1 Å². The number of nitrogens with zero attached hydrogens (tertiary/aromatic N) is 2. The molecule has 1 N–H and O–H groups in total. The van der Waals surface area contributed by atoms with E-state index in [1.54, 1.807) is 0 Å². The minimum absolute atomic E-state index is 0.136. The Morgan fingerprint density at radius 1 is 1.22 bits per heavy atom. The van der Waals surface area contributed by atoms with Gasteiger partial charge in [-0.15, -0.1) is 10.2 Å². The van der Waals surface area contributed by atoms with E-state index in [2.05, 4.69) is 48.4 Å². The van der Waals surface area contributed by atoms with Crippen LogP contribution in [-0.2, 0) is 10.2 Å². The van der Waals surface area contributed by atoms with E-state index in [0.29, 0.717) is 11.0 Å². The number of anilines is 1. The van der Waals surface area contributed by atoms with Gasteiger partial charge in [0.05, 0.1) is 0 Å². The second-order valence-corrected chi connectivity index (χ2v) is 7.92. The van der Waals surface area contributed by atoms with Gasteiger partial charge in [0.15, 0.2) is 0 Å². The summed E-state index contributed by atoms with van der Waals surface area (Å²) in [5.41, 5.74) is 2.42. The Kier molecular flexibility index (Phi) is 4.31. The van der Waals surface area contributed by atoms with Crippen LogP contribution in [0.1, 0.15) is 55.7 Å². The lowest BCUT2D eigenvalue weighted by Crippen LogP contribution is -2.10. The van der Waals surface area contributed by atoms with E-state index in [9.17, 15) is 4.79 Å². The van der Waals surface area contributed by atoms with Gasteiger partial charge < -0.3 is 0 Å². The third-order valence-electron chi connectivity index (χ3n) is 3.80. The van der Waals surface area contributed by atoms with E-state index in [1.165, 1.54) is 35.8 Å². The molecule has 3 rings (SSSR count). The molecule has 1 fully saturated rings. The molecule has 120 valence electrons. The Bertz CT molecular complexity index is 721. The zero-order valence-corrected chi connectivity index (χ0v) is 14.5. The molecular weight excluding hydrogens is 306 g/mol. The third-order valence-corrected chi connectivity index (χ3v) is 4.80. The maximum Gasteiger partial charge on any atom is 0.250 e. The molecule has 0 saturated heterocycles. The SMILES string of the molecule is CC(C)(C)c1ccc(/C=C/C(=O)Nc2nnc(C3CC3)s2)cc1. The van der Waals surface area contributed by atoms with Crippen LogP contribution in [0.25, 0.3) is 6.08 Å². The zero-order valence-electron chi connectivity index (χ0n) is 13.7. The van der Waals surface area contributed by atoms with E-state index in [-0.39, 0.29) is 11.3 Å². The summed E-state index contributed by atoms with van der Waals surface area (Å²) in [6, 6.07) is 8.26. The van der Waals surface area contributed by atoms with Crippen molar-refractivity contribution in [1.29, 1.82) is 0 Å². The number of nitrogens with one attached hydrogen (secondary N) is 1. The lowest BCUT2D eigenvalue weighted by atomic mass is 9.87. The topological polar surface area (TPSA) is 54.9 Å². The molecule has 0 radical (unpaired) electrons. The molecule has 1 aliphatic rings. The monoisotopic (exact) mass is 327 g/mol. The first-order chi connectivity index (χ1) is 10.9. The van der Waals surface area contributed by atoms with Crippen LogP contribution < -0.4 is 5.32 Å². The van der Waals surface area contributed by atoms with Crippen LogP contribution >= 0.6 is 11.3 Å². The second kappa shape index (κ2) is 6.24. The van der Waals surface area contributed by atoms with Gasteiger partial charge in [0.2, 0.25) is 11.0 Å². The summed E-state index contributed by atoms with van der Waals surface area (Å²) in [5.74, 6) is 0.387. The van der Waals surface area contributed by atoms with E-state index < -0.39 is 0 Å². The van der Waals surface area contributed by atoms with Crippen LogP contribution in [0.2, 0.25) is 0 Å². The summed E-state index contributed by atoms with van der Waals surface area (Å²) >= 11 is 1.47. The molecule has 0 atom stereocenters. The lowest BCUT2D eigenvalue weighted by Gasteiger charge is -2.18. The maximum atomic E-state index is 11.9. The minimum atomic E-state index is -0.177. The van der Waals surface area contributed by atoms with Crippen molar-refractivity contribution in [3.63, 3.8) is 0 Å². The van der Waals surface area contributed by atoms with Crippen molar-refractivity contribution in [2.24, 2.45) is 0 Å². The molecule has 2 aromatic rings. The van der Waals surface area contributed by atoms with Crippen LogP contribution in [0.3, 0.4) is 0 Å². The molecule has 0 bridgehead atoms. The van der Waals surface area contributed by atoms with Gasteiger partial charge in [-0.25, -0.2) is 0 Å². The first-order valence-corrected chi connectivity index (χ1v) is 8.66. The van der Waals surface area contributed by atoms with E-state index in [0.717, 1.165) is 10.6 Å². The fourth-order valence-corrected chi connectivity index (χ4v) is 3.11. The van der Waals surface area contributed by atoms with Gasteiger partial charge in [0.25, 0.3) is 0 Å². The van der Waals surface area contributed by atoms with Gasteiger partial charge in [-0.3, -0.25) is 10.1 Å². The largest absolute Gasteiger partial charge is 0.297 e. The molecule has 0 aliphatic heterocycles. The van der Waals surface area contributed by atoms with E-state index in [4.69, 9.17) is 0 Å². The van der Waals surface area contributed by atoms with Crippen molar-refractivity contribution in [3.05, 3.63) is 46.5 Å². The van der Waals surface area contributed by atoms with Crippen LogP contribution in [0.5, 0.6) is 0 Å². The van der Waals surface area contributed by atoms with Crippen molar-refractivity contribution >= 4 is 28.5 Å². The standard InChI is InChI=1S/C18H21N3OS/c1-18(2,3)14-9-4-12(5-10-14)6-11-15(22)19-17-21-20-16(23-17)13-7-8-13/h4-6,9-11,13H,7-8H2,1-3H3,(H,19,21,22)/b11-6+. The van der Waals surface area contributed by atoms with Crippen molar-refractivity contribution in [2.75, 3.05) is 5.32 Å². The normalized spacial score (nSPS) is 15.1. The Hall–Kier alpha value is -2.01. The summed E-state index contributed by atoms with van der Waals surface area (Å²) in [6.07, 6.45) is 5.72. The highest BCUT2D eigenvalue weighted by atomic mass is 32.1. The molecule has 0 unspecified atom stereocenters. The minimum Gasteiger partial charge on any atom is -0.297 e. The summed E-state index contributed by atoms with van der Waals surface area (Å²) in [6.45, 7) is 6.55. The smallest absolute Gasteiger partial charge is 0.250 e. The summed E-state index contributed by atoms with van der Waals surface area (Å²) in [7, 11) is 0. The number of hydrogen-bond donors (Lipinski definition) is 1.